The summed E-state index contributed by atoms with van der Waals surface area (Å²) < 4.78 is 5.30. The monoisotopic (exact) mass is 568 g/mol. The molecule has 0 saturated heterocycles. The van der Waals surface area contributed by atoms with E-state index < -0.39 is 11.9 Å². The van der Waals surface area contributed by atoms with Gasteiger partial charge < -0.3 is 9.84 Å². The van der Waals surface area contributed by atoms with Crippen molar-refractivity contribution in [2.45, 2.75) is 97.3 Å². The van der Waals surface area contributed by atoms with Crippen LogP contribution in [0, 0.1) is 0 Å². The van der Waals surface area contributed by atoms with Gasteiger partial charge in [0.1, 0.15) is 0 Å². The third kappa shape index (κ3) is 11.0. The van der Waals surface area contributed by atoms with Crippen LogP contribution in [0.5, 0.6) is 0 Å². The van der Waals surface area contributed by atoms with E-state index in [2.05, 4.69) is 74.5 Å². The third-order valence-corrected chi connectivity index (χ3v) is 7.70. The zero-order valence-corrected chi connectivity index (χ0v) is 25.6. The zero-order chi connectivity index (χ0) is 30.0. The Hall–Kier alpha value is -3.66. The maximum atomic E-state index is 12.3. The minimum Gasteiger partial charge on any atom is -0.478 e. The van der Waals surface area contributed by atoms with E-state index in [0.29, 0.717) is 6.61 Å². The highest BCUT2D eigenvalue weighted by Gasteiger charge is 2.18. The fourth-order valence-corrected chi connectivity index (χ4v) is 5.22. The first kappa shape index (κ1) is 32.8. The molecule has 0 bridgehead atoms. The Kier molecular flexibility index (Phi) is 14.6. The molecule has 4 nitrogen and oxygen atoms in total. The largest absolute Gasteiger partial charge is 0.478 e. The molecule has 0 aliphatic heterocycles. The highest BCUT2D eigenvalue weighted by molar-refractivity contribution is 6.02. The number of ether oxygens (including phenoxy) is 1. The molecule has 4 heteroatoms. The number of carbonyl (C=O) groups excluding carboxylic acids is 1. The molecule has 1 N–H and O–H groups in total. The van der Waals surface area contributed by atoms with E-state index in [0.717, 1.165) is 44.1 Å². The van der Waals surface area contributed by atoms with Crippen LogP contribution in [0.25, 0.3) is 21.5 Å². The highest BCUT2D eigenvalue weighted by atomic mass is 16.5. The number of aromatic carboxylic acids is 1. The van der Waals surface area contributed by atoms with Crippen molar-refractivity contribution in [3.63, 3.8) is 0 Å². The number of carboxylic acids is 1. The lowest BCUT2D eigenvalue weighted by Gasteiger charge is -2.10. The minimum absolute atomic E-state index is 0.0522. The average molecular weight is 569 g/mol. The second-order valence-electron chi connectivity index (χ2n) is 11.2. The van der Waals surface area contributed by atoms with Crippen molar-refractivity contribution in [3.8, 4) is 0 Å². The number of fused-ring (bicyclic) bond motifs is 2. The summed E-state index contributed by atoms with van der Waals surface area (Å²) in [5.74, 6) is -1.60. The van der Waals surface area contributed by atoms with Crippen molar-refractivity contribution in [2.24, 2.45) is 0 Å². The number of benzene rings is 4. The van der Waals surface area contributed by atoms with Gasteiger partial charge in [-0.05, 0) is 70.6 Å². The maximum Gasteiger partial charge on any atom is 0.339 e. The summed E-state index contributed by atoms with van der Waals surface area (Å²) >= 11 is 0. The van der Waals surface area contributed by atoms with E-state index in [1.165, 1.54) is 66.5 Å². The lowest BCUT2D eigenvalue weighted by Crippen LogP contribution is -2.13. The number of hydrogen-bond acceptors (Lipinski definition) is 3. The Morgan fingerprint density at radius 2 is 1.05 bits per heavy atom. The number of carbonyl (C=O) groups is 2. The van der Waals surface area contributed by atoms with E-state index in [1.807, 2.05) is 6.07 Å². The Morgan fingerprint density at radius 3 is 1.55 bits per heavy atom. The molecule has 0 saturated carbocycles. The van der Waals surface area contributed by atoms with Crippen molar-refractivity contribution >= 4 is 33.5 Å². The second-order valence-corrected chi connectivity index (χ2v) is 11.2. The van der Waals surface area contributed by atoms with Crippen molar-refractivity contribution in [2.75, 3.05) is 6.61 Å². The van der Waals surface area contributed by atoms with E-state index in [4.69, 9.17) is 4.74 Å². The number of carboxylic acid groups (broad SMARTS) is 1. The molecule has 42 heavy (non-hydrogen) atoms. The first-order valence-corrected chi connectivity index (χ1v) is 15.9. The summed E-state index contributed by atoms with van der Waals surface area (Å²) in [6.45, 7) is 4.73. The summed E-state index contributed by atoms with van der Waals surface area (Å²) in [7, 11) is 0. The summed E-state index contributed by atoms with van der Waals surface area (Å²) in [5, 5.41) is 14.7. The Morgan fingerprint density at radius 1 is 0.571 bits per heavy atom. The van der Waals surface area contributed by atoms with Crippen LogP contribution < -0.4 is 0 Å². The van der Waals surface area contributed by atoms with Crippen molar-refractivity contribution in [1.29, 1.82) is 0 Å². The maximum absolute atomic E-state index is 12.3. The van der Waals surface area contributed by atoms with Crippen LogP contribution in [0.4, 0.5) is 0 Å². The fourth-order valence-electron chi connectivity index (χ4n) is 5.22. The fraction of sp³-hybridized carbons (Fsp3) is 0.421. The van der Waals surface area contributed by atoms with Crippen LogP contribution in [0.3, 0.4) is 0 Å². The SMILES string of the molecule is CCCCCCCCOC(=O)c1ccc(CCCCCCCC)cc1C(=O)O.c1ccc2cc3ccccc3cc2c1. The van der Waals surface area contributed by atoms with Crippen LogP contribution in [-0.2, 0) is 11.2 Å². The second kappa shape index (κ2) is 18.7. The van der Waals surface area contributed by atoms with Gasteiger partial charge in [-0.25, -0.2) is 9.59 Å². The quantitative estimate of drug-likeness (QED) is 0.0829. The summed E-state index contributed by atoms with van der Waals surface area (Å²) in [6.07, 6.45) is 14.7. The van der Waals surface area contributed by atoms with Gasteiger partial charge in [-0.1, -0.05) is 133 Å². The van der Waals surface area contributed by atoms with Gasteiger partial charge in [-0.3, -0.25) is 0 Å². The van der Waals surface area contributed by atoms with Crippen molar-refractivity contribution in [1.82, 2.24) is 0 Å². The highest BCUT2D eigenvalue weighted by Crippen LogP contribution is 2.22. The van der Waals surface area contributed by atoms with Gasteiger partial charge in [0.2, 0.25) is 0 Å². The molecule has 0 atom stereocenters. The minimum atomic E-state index is -1.07. The summed E-state index contributed by atoms with van der Waals surface area (Å²) in [6, 6.07) is 26.5. The lowest BCUT2D eigenvalue weighted by atomic mass is 9.99. The van der Waals surface area contributed by atoms with Crippen LogP contribution >= 0.6 is 0 Å². The molecule has 0 aromatic heterocycles. The molecule has 0 spiro atoms. The van der Waals surface area contributed by atoms with Gasteiger partial charge in [-0.2, -0.15) is 0 Å². The molecule has 4 rings (SSSR count). The molecule has 4 aromatic carbocycles. The van der Waals surface area contributed by atoms with Crippen molar-refractivity contribution in [3.05, 3.63) is 95.6 Å². The predicted molar refractivity (Wildman–Crippen MR) is 176 cm³/mol. The number of unbranched alkanes of at least 4 members (excludes halogenated alkanes) is 10. The van der Waals surface area contributed by atoms with Crippen LogP contribution in [-0.4, -0.2) is 23.7 Å². The van der Waals surface area contributed by atoms with Crippen LogP contribution in [0.15, 0.2) is 78.9 Å². The Labute approximate surface area is 252 Å². The van der Waals surface area contributed by atoms with E-state index in [1.54, 1.807) is 12.1 Å². The number of rotatable bonds is 16. The third-order valence-electron chi connectivity index (χ3n) is 7.70. The molecule has 0 radical (unpaired) electrons. The van der Waals surface area contributed by atoms with Crippen molar-refractivity contribution < 1.29 is 19.4 Å². The van der Waals surface area contributed by atoms with Gasteiger partial charge in [-0.15, -0.1) is 0 Å². The Balaban J connectivity index is 0.000000283. The van der Waals surface area contributed by atoms with Gasteiger partial charge >= 0.3 is 11.9 Å². The molecular formula is C38H48O4. The first-order chi connectivity index (χ1) is 20.5. The van der Waals surface area contributed by atoms with Gasteiger partial charge in [0.05, 0.1) is 17.7 Å². The van der Waals surface area contributed by atoms with Gasteiger partial charge in [0.15, 0.2) is 0 Å². The molecular weight excluding hydrogens is 520 g/mol. The molecule has 4 aromatic rings. The molecule has 0 amide bonds. The van der Waals surface area contributed by atoms with E-state index in [9.17, 15) is 14.7 Å². The summed E-state index contributed by atoms with van der Waals surface area (Å²) in [5.41, 5.74) is 1.18. The topological polar surface area (TPSA) is 63.6 Å². The van der Waals surface area contributed by atoms with Crippen LogP contribution in [0.2, 0.25) is 0 Å². The predicted octanol–water partition coefficient (Wildman–Crippen LogP) is 10.8. The molecule has 0 aliphatic carbocycles. The molecule has 0 aliphatic rings. The van der Waals surface area contributed by atoms with Crippen LogP contribution in [0.1, 0.15) is 117 Å². The standard InChI is InChI=1S/C24H38O4.C14H10/c1-3-5-7-9-11-13-15-20-16-17-21(22(19-20)23(25)26)24(27)28-18-14-12-10-8-6-4-2;1-2-6-12-10-14-8-4-3-7-13(14)9-11(12)5-1/h16-17,19H,3-15,18H2,1-2H3,(H,25,26);1-10H. The average Bonchev–Trinajstić information content (AvgIpc) is 3.01. The van der Waals surface area contributed by atoms with E-state index >= 15 is 0 Å². The molecule has 224 valence electrons. The molecule has 0 fully saturated rings. The Bertz CT molecular complexity index is 1290. The number of hydrogen-bond donors (Lipinski definition) is 1. The molecule has 0 heterocycles. The lowest BCUT2D eigenvalue weighted by molar-refractivity contribution is 0.0487. The smallest absolute Gasteiger partial charge is 0.339 e. The van der Waals surface area contributed by atoms with Gasteiger partial charge in [0.25, 0.3) is 0 Å². The molecule has 0 unspecified atom stereocenters. The first-order valence-electron chi connectivity index (χ1n) is 15.9. The summed E-state index contributed by atoms with van der Waals surface area (Å²) in [4.78, 5) is 23.9. The van der Waals surface area contributed by atoms with Gasteiger partial charge in [0, 0.05) is 0 Å². The number of esters is 1. The number of aryl methyl sites for hydroxylation is 1. The van der Waals surface area contributed by atoms with E-state index in [-0.39, 0.29) is 11.1 Å². The zero-order valence-electron chi connectivity index (χ0n) is 25.6. The normalized spacial score (nSPS) is 10.8.